The number of unbranched alkanes of at least 4 members (excludes halogenated alkanes) is 1. The fourth-order valence-electron chi connectivity index (χ4n) is 3.22. The molecule has 1 heterocycles. The molecule has 0 radical (unpaired) electrons. The van der Waals surface area contributed by atoms with Gasteiger partial charge in [0.15, 0.2) is 0 Å². The van der Waals surface area contributed by atoms with Gasteiger partial charge in [0.05, 0.1) is 35.0 Å². The summed E-state index contributed by atoms with van der Waals surface area (Å²) in [6.45, 7) is 10.4. The van der Waals surface area contributed by atoms with Gasteiger partial charge in [-0.3, -0.25) is 0 Å². The molecule has 1 aliphatic rings. The van der Waals surface area contributed by atoms with Crippen molar-refractivity contribution in [2.45, 2.75) is 24.7 Å². The van der Waals surface area contributed by atoms with E-state index in [0.29, 0.717) is 16.7 Å². The molecule has 0 unspecified atom stereocenters. The molecule has 1 aliphatic heterocycles. The summed E-state index contributed by atoms with van der Waals surface area (Å²) >= 11 is 1.67. The van der Waals surface area contributed by atoms with Crippen LogP contribution >= 0.6 is 11.8 Å². The van der Waals surface area contributed by atoms with Crippen LogP contribution in [0, 0.1) is 29.2 Å². The first-order valence-corrected chi connectivity index (χ1v) is 10.5. The Labute approximate surface area is 181 Å². The van der Waals surface area contributed by atoms with Gasteiger partial charge in [0.25, 0.3) is 5.70 Å². The number of thioether (sulfide) groups is 1. The van der Waals surface area contributed by atoms with E-state index in [2.05, 4.69) is 34.9 Å². The van der Waals surface area contributed by atoms with Crippen molar-refractivity contribution < 1.29 is 0 Å². The van der Waals surface area contributed by atoms with Gasteiger partial charge in [-0.2, -0.15) is 5.26 Å². The van der Waals surface area contributed by atoms with E-state index in [0.717, 1.165) is 24.4 Å². The van der Waals surface area contributed by atoms with Crippen molar-refractivity contribution in [1.82, 2.24) is 0 Å². The Kier molecular flexibility index (Phi) is 7.12. The number of anilines is 1. The van der Waals surface area contributed by atoms with Crippen molar-refractivity contribution in [2.75, 3.05) is 11.4 Å². The highest BCUT2D eigenvalue weighted by Gasteiger charge is 2.24. The molecule has 30 heavy (non-hydrogen) atoms. The van der Waals surface area contributed by atoms with E-state index in [1.807, 2.05) is 54.6 Å². The van der Waals surface area contributed by atoms with Crippen LogP contribution in [0.15, 0.2) is 87.9 Å². The number of fused-ring (bicyclic) bond motifs is 1. The van der Waals surface area contributed by atoms with E-state index in [-0.39, 0.29) is 5.70 Å². The molecule has 0 saturated carbocycles. The molecule has 0 aliphatic carbocycles. The zero-order valence-corrected chi connectivity index (χ0v) is 17.5. The van der Waals surface area contributed by atoms with Crippen LogP contribution in [0.4, 0.5) is 5.69 Å². The maximum atomic E-state index is 9.84. The summed E-state index contributed by atoms with van der Waals surface area (Å²) in [7, 11) is 0. The maximum absolute atomic E-state index is 9.84. The van der Waals surface area contributed by atoms with Gasteiger partial charge in [0, 0.05) is 17.0 Å². The third-order valence-corrected chi connectivity index (χ3v) is 5.80. The van der Waals surface area contributed by atoms with E-state index in [1.165, 1.54) is 10.6 Å². The average Bonchev–Trinajstić information content (AvgIpc) is 3.15. The Morgan fingerprint density at radius 1 is 1.10 bits per heavy atom. The highest BCUT2D eigenvalue weighted by molar-refractivity contribution is 8.03. The number of hydrogen-bond donors (Lipinski definition) is 0. The minimum atomic E-state index is -0.0856. The number of hydrogen-bond acceptors (Lipinski definition) is 4. The Morgan fingerprint density at radius 2 is 1.83 bits per heavy atom. The van der Waals surface area contributed by atoms with Crippen molar-refractivity contribution in [3.8, 4) is 12.1 Å². The number of nitriles is 2. The predicted molar refractivity (Wildman–Crippen MR) is 122 cm³/mol. The van der Waals surface area contributed by atoms with Crippen LogP contribution in [0.3, 0.4) is 0 Å². The average molecular weight is 409 g/mol. The Bertz CT molecular complexity index is 1120. The van der Waals surface area contributed by atoms with Crippen LogP contribution in [-0.2, 0) is 0 Å². The minimum Gasteiger partial charge on any atom is -0.335 e. The topological polar surface area (TPSA) is 55.2 Å². The smallest absolute Gasteiger partial charge is 0.270 e. The van der Waals surface area contributed by atoms with Crippen molar-refractivity contribution >= 4 is 23.0 Å². The lowest BCUT2D eigenvalue weighted by atomic mass is 9.96. The second-order valence-corrected chi connectivity index (χ2v) is 7.65. The molecule has 2 aromatic carbocycles. The molecule has 0 amide bonds. The fourth-order valence-corrected chi connectivity index (χ4v) is 4.31. The molecule has 2 aromatic rings. The van der Waals surface area contributed by atoms with E-state index in [9.17, 15) is 10.5 Å². The zero-order chi connectivity index (χ0) is 21.3. The normalized spacial score (nSPS) is 15.1. The minimum absolute atomic E-state index is 0.0856. The third-order valence-electron chi connectivity index (χ3n) is 4.67. The quantitative estimate of drug-likeness (QED) is 0.309. The lowest BCUT2D eigenvalue weighted by Gasteiger charge is -2.19. The van der Waals surface area contributed by atoms with Crippen LogP contribution in [0.5, 0.6) is 0 Å². The third kappa shape index (κ3) is 4.47. The molecule has 0 atom stereocenters. The first-order chi connectivity index (χ1) is 14.7. The van der Waals surface area contributed by atoms with Gasteiger partial charge in [-0.1, -0.05) is 67.6 Å². The first kappa shape index (κ1) is 21.0. The van der Waals surface area contributed by atoms with Gasteiger partial charge in [0.2, 0.25) is 0 Å². The van der Waals surface area contributed by atoms with E-state index in [4.69, 9.17) is 6.57 Å². The lowest BCUT2D eigenvalue weighted by molar-refractivity contribution is 0.779. The second-order valence-electron chi connectivity index (χ2n) is 6.59. The van der Waals surface area contributed by atoms with Gasteiger partial charge >= 0.3 is 0 Å². The molecule has 3 rings (SSSR count). The number of benzene rings is 2. The van der Waals surface area contributed by atoms with Crippen LogP contribution in [0.2, 0.25) is 0 Å². The molecule has 4 nitrogen and oxygen atoms in total. The summed E-state index contributed by atoms with van der Waals surface area (Å²) in [5.41, 5.74) is 2.44. The monoisotopic (exact) mass is 408 g/mol. The highest BCUT2D eigenvalue weighted by Crippen LogP contribution is 2.46. The summed E-state index contributed by atoms with van der Waals surface area (Å²) in [5.74, 6) is 0. The number of nitrogens with zero attached hydrogens (tertiary/aromatic N) is 4. The summed E-state index contributed by atoms with van der Waals surface area (Å²) < 4.78 is 0. The van der Waals surface area contributed by atoms with Gasteiger partial charge in [0.1, 0.15) is 0 Å². The van der Waals surface area contributed by atoms with Crippen molar-refractivity contribution in [3.63, 3.8) is 0 Å². The second kappa shape index (κ2) is 10.2. The van der Waals surface area contributed by atoms with Gasteiger partial charge < -0.3 is 4.90 Å². The van der Waals surface area contributed by atoms with E-state index < -0.39 is 0 Å². The summed E-state index contributed by atoms with van der Waals surface area (Å²) in [6.07, 6.45) is 5.79. The molecule has 0 aromatic heterocycles. The van der Waals surface area contributed by atoms with Crippen LogP contribution < -0.4 is 4.90 Å². The van der Waals surface area contributed by atoms with Crippen molar-refractivity contribution in [1.29, 1.82) is 10.5 Å². The van der Waals surface area contributed by atoms with Crippen molar-refractivity contribution in [3.05, 3.63) is 100 Å². The van der Waals surface area contributed by atoms with E-state index in [1.54, 1.807) is 17.8 Å². The Balaban J connectivity index is 2.06. The Morgan fingerprint density at radius 3 is 2.50 bits per heavy atom. The number of para-hydroxylation sites is 1. The first-order valence-electron chi connectivity index (χ1n) is 9.67. The molecule has 146 valence electrons. The Hall–Kier alpha value is -3.72. The van der Waals surface area contributed by atoms with Gasteiger partial charge in [-0.05, 0) is 36.3 Å². The predicted octanol–water partition coefficient (Wildman–Crippen LogP) is 6.54. The molecular formula is C25H20N4S. The van der Waals surface area contributed by atoms with Crippen LogP contribution in [-0.4, -0.2) is 6.54 Å². The zero-order valence-electron chi connectivity index (χ0n) is 16.7. The molecule has 5 heteroatoms. The highest BCUT2D eigenvalue weighted by atomic mass is 32.2. The molecule has 0 bridgehead atoms. The van der Waals surface area contributed by atoms with Gasteiger partial charge in [-0.15, -0.1) is 0 Å². The van der Waals surface area contributed by atoms with Crippen LogP contribution in [0.25, 0.3) is 10.4 Å². The van der Waals surface area contributed by atoms with Gasteiger partial charge in [-0.25, -0.2) is 10.1 Å². The summed E-state index contributed by atoms with van der Waals surface area (Å²) in [5, 5.41) is 20.3. The number of rotatable bonds is 6. The molecule has 0 saturated heterocycles. The molecular weight excluding hydrogens is 388 g/mol. The summed E-state index contributed by atoms with van der Waals surface area (Å²) in [4.78, 5) is 6.81. The number of allylic oxidation sites excluding steroid dienone is 5. The molecule has 0 N–H and O–H groups in total. The standard InChI is InChI=1S/C25H20N4S/c1-3-4-16-29-22-12-8-9-13-23(22)30-24(29)15-14-20(17-26)25(21(18-27)28-2)19-10-6-5-7-11-19/h5-15H,3-4,16H2,1H3/b20-14+,24-15-,25-21-. The van der Waals surface area contributed by atoms with Crippen molar-refractivity contribution in [2.24, 2.45) is 0 Å². The maximum Gasteiger partial charge on any atom is 0.270 e. The van der Waals surface area contributed by atoms with Crippen LogP contribution in [0.1, 0.15) is 25.3 Å². The lowest BCUT2D eigenvalue weighted by Crippen LogP contribution is -2.18. The molecule has 0 fully saturated rings. The summed E-state index contributed by atoms with van der Waals surface area (Å²) in [6, 6.07) is 21.5. The largest absolute Gasteiger partial charge is 0.335 e. The fraction of sp³-hybridized carbons (Fsp3) is 0.160. The SMILES string of the molecule is [C-]#[N+]\C(C#N)=C(/C(C#N)=C/C=C1\Sc2ccccc2N1CCCC)c1ccccc1. The molecule has 0 spiro atoms. The van der Waals surface area contributed by atoms with E-state index >= 15 is 0 Å².